The number of hydrogen-bond donors (Lipinski definition) is 0. The van der Waals surface area contributed by atoms with E-state index < -0.39 is 0 Å². The molecular formula is C16H23N3O. The standard InChI is InChI=1S/C16H23N3O/c1-12-10-18-15(11-17-12)16(20)19(13-6-2-3-7-13)14-8-4-5-9-14/h10-11,13-14H,2-9H2,1H3. The van der Waals surface area contributed by atoms with Crippen molar-refractivity contribution in [2.45, 2.75) is 70.4 Å². The second kappa shape index (κ2) is 5.90. The van der Waals surface area contributed by atoms with E-state index in [1.165, 1.54) is 25.7 Å². The molecule has 1 amide bonds. The first-order valence-electron chi connectivity index (χ1n) is 7.87. The van der Waals surface area contributed by atoms with E-state index in [-0.39, 0.29) is 5.91 Å². The van der Waals surface area contributed by atoms with Gasteiger partial charge in [-0.15, -0.1) is 0 Å². The highest BCUT2D eigenvalue weighted by molar-refractivity contribution is 5.92. The first kappa shape index (κ1) is 13.5. The number of aromatic nitrogens is 2. The Morgan fingerprint density at radius 1 is 1.00 bits per heavy atom. The van der Waals surface area contributed by atoms with E-state index in [4.69, 9.17) is 0 Å². The molecule has 0 bridgehead atoms. The summed E-state index contributed by atoms with van der Waals surface area (Å²) in [4.78, 5) is 23.5. The summed E-state index contributed by atoms with van der Waals surface area (Å²) in [5, 5.41) is 0. The van der Waals surface area contributed by atoms with Crippen LogP contribution in [0.15, 0.2) is 12.4 Å². The zero-order chi connectivity index (χ0) is 13.9. The van der Waals surface area contributed by atoms with E-state index >= 15 is 0 Å². The zero-order valence-electron chi connectivity index (χ0n) is 12.2. The maximum Gasteiger partial charge on any atom is 0.274 e. The lowest BCUT2D eigenvalue weighted by atomic mass is 10.1. The number of hydrogen-bond acceptors (Lipinski definition) is 3. The Morgan fingerprint density at radius 3 is 2.00 bits per heavy atom. The van der Waals surface area contributed by atoms with Gasteiger partial charge in [0.25, 0.3) is 5.91 Å². The van der Waals surface area contributed by atoms with Crippen molar-refractivity contribution < 1.29 is 4.79 Å². The molecule has 0 saturated heterocycles. The van der Waals surface area contributed by atoms with Gasteiger partial charge in [0.15, 0.2) is 0 Å². The summed E-state index contributed by atoms with van der Waals surface area (Å²) in [5.74, 6) is 0.0938. The second-order valence-corrected chi connectivity index (χ2v) is 6.13. The van der Waals surface area contributed by atoms with Gasteiger partial charge in [-0.2, -0.15) is 0 Å². The molecule has 0 radical (unpaired) electrons. The van der Waals surface area contributed by atoms with Crippen molar-refractivity contribution in [3.05, 3.63) is 23.8 Å². The molecule has 0 unspecified atom stereocenters. The summed E-state index contributed by atoms with van der Waals surface area (Å²) in [6, 6.07) is 0.849. The van der Waals surface area contributed by atoms with E-state index in [9.17, 15) is 4.79 Å². The third-order valence-electron chi connectivity index (χ3n) is 4.67. The Balaban J connectivity index is 1.83. The van der Waals surface area contributed by atoms with Crippen molar-refractivity contribution in [1.29, 1.82) is 0 Å². The minimum atomic E-state index is 0.0938. The molecule has 2 saturated carbocycles. The molecule has 2 fully saturated rings. The number of carbonyl (C=O) groups excluding carboxylic acids is 1. The molecule has 1 aromatic rings. The van der Waals surface area contributed by atoms with Crippen LogP contribution in [0.4, 0.5) is 0 Å². The highest BCUT2D eigenvalue weighted by Gasteiger charge is 2.35. The average molecular weight is 273 g/mol. The van der Waals surface area contributed by atoms with Gasteiger partial charge in [-0.3, -0.25) is 9.78 Å². The van der Waals surface area contributed by atoms with Crippen molar-refractivity contribution >= 4 is 5.91 Å². The van der Waals surface area contributed by atoms with Gasteiger partial charge in [0.1, 0.15) is 5.69 Å². The maximum atomic E-state index is 12.9. The van der Waals surface area contributed by atoms with Crippen LogP contribution in [-0.4, -0.2) is 32.9 Å². The summed E-state index contributed by atoms with van der Waals surface area (Å²) in [7, 11) is 0. The number of carbonyl (C=O) groups is 1. The van der Waals surface area contributed by atoms with Gasteiger partial charge in [0, 0.05) is 18.3 Å². The van der Waals surface area contributed by atoms with E-state index in [2.05, 4.69) is 14.9 Å². The molecule has 20 heavy (non-hydrogen) atoms. The number of rotatable bonds is 3. The summed E-state index contributed by atoms with van der Waals surface area (Å²) in [6.45, 7) is 1.90. The van der Waals surface area contributed by atoms with Gasteiger partial charge >= 0.3 is 0 Å². The zero-order valence-corrected chi connectivity index (χ0v) is 12.2. The monoisotopic (exact) mass is 273 g/mol. The Bertz CT molecular complexity index is 443. The Morgan fingerprint density at radius 2 is 1.55 bits per heavy atom. The predicted octanol–water partition coefficient (Wildman–Crippen LogP) is 3.11. The van der Waals surface area contributed by atoms with Gasteiger partial charge < -0.3 is 4.90 Å². The first-order valence-corrected chi connectivity index (χ1v) is 7.87. The first-order chi connectivity index (χ1) is 9.75. The molecule has 0 aromatic carbocycles. The van der Waals surface area contributed by atoms with Crippen molar-refractivity contribution in [2.75, 3.05) is 0 Å². The molecule has 4 nitrogen and oxygen atoms in total. The summed E-state index contributed by atoms with van der Waals surface area (Å²) < 4.78 is 0. The molecule has 2 aliphatic rings. The largest absolute Gasteiger partial charge is 0.331 e. The van der Waals surface area contributed by atoms with Gasteiger partial charge in [-0.25, -0.2) is 4.98 Å². The van der Waals surface area contributed by atoms with E-state index in [0.29, 0.717) is 17.8 Å². The lowest BCUT2D eigenvalue weighted by Gasteiger charge is -2.34. The predicted molar refractivity (Wildman–Crippen MR) is 77.5 cm³/mol. The Kier molecular flexibility index (Phi) is 3.99. The minimum absolute atomic E-state index is 0.0938. The molecule has 2 aliphatic carbocycles. The molecule has 3 rings (SSSR count). The molecule has 1 aromatic heterocycles. The Labute approximate surface area is 120 Å². The third kappa shape index (κ3) is 2.69. The lowest BCUT2D eigenvalue weighted by Crippen LogP contribution is -2.45. The average Bonchev–Trinajstić information content (AvgIpc) is 3.13. The summed E-state index contributed by atoms with van der Waals surface area (Å²) in [6.07, 6.45) is 12.9. The van der Waals surface area contributed by atoms with Gasteiger partial charge in [-0.05, 0) is 32.6 Å². The molecule has 1 heterocycles. The van der Waals surface area contributed by atoms with Gasteiger partial charge in [0.2, 0.25) is 0 Å². The fourth-order valence-corrected chi connectivity index (χ4v) is 3.63. The Hall–Kier alpha value is -1.45. The molecule has 0 atom stereocenters. The topological polar surface area (TPSA) is 46.1 Å². The smallest absolute Gasteiger partial charge is 0.274 e. The molecule has 108 valence electrons. The van der Waals surface area contributed by atoms with Crippen LogP contribution in [0.2, 0.25) is 0 Å². The maximum absolute atomic E-state index is 12.9. The van der Waals surface area contributed by atoms with Crippen molar-refractivity contribution in [3.8, 4) is 0 Å². The van der Waals surface area contributed by atoms with Crippen LogP contribution in [0.5, 0.6) is 0 Å². The van der Waals surface area contributed by atoms with E-state index in [1.807, 2.05) is 6.92 Å². The van der Waals surface area contributed by atoms with E-state index in [0.717, 1.165) is 31.4 Å². The minimum Gasteiger partial charge on any atom is -0.331 e. The number of amides is 1. The van der Waals surface area contributed by atoms with Crippen molar-refractivity contribution in [1.82, 2.24) is 14.9 Å². The van der Waals surface area contributed by atoms with Crippen LogP contribution in [0, 0.1) is 6.92 Å². The quantitative estimate of drug-likeness (QED) is 0.850. The molecular weight excluding hydrogens is 250 g/mol. The molecule has 0 spiro atoms. The number of nitrogens with zero attached hydrogens (tertiary/aromatic N) is 3. The normalized spacial score (nSPS) is 20.4. The number of aryl methyl sites for hydroxylation is 1. The van der Waals surface area contributed by atoms with E-state index in [1.54, 1.807) is 12.4 Å². The van der Waals surface area contributed by atoms with Gasteiger partial charge in [0.05, 0.1) is 11.9 Å². The van der Waals surface area contributed by atoms with Crippen LogP contribution >= 0.6 is 0 Å². The highest BCUT2D eigenvalue weighted by atomic mass is 16.2. The molecule has 0 N–H and O–H groups in total. The van der Waals surface area contributed by atoms with Crippen LogP contribution in [0.25, 0.3) is 0 Å². The van der Waals surface area contributed by atoms with Gasteiger partial charge in [-0.1, -0.05) is 25.7 Å². The lowest BCUT2D eigenvalue weighted by molar-refractivity contribution is 0.0573. The van der Waals surface area contributed by atoms with Crippen LogP contribution < -0.4 is 0 Å². The fraction of sp³-hybridized carbons (Fsp3) is 0.688. The summed E-state index contributed by atoms with van der Waals surface area (Å²) in [5.41, 5.74) is 1.37. The van der Waals surface area contributed by atoms with Crippen molar-refractivity contribution in [2.24, 2.45) is 0 Å². The molecule has 4 heteroatoms. The SMILES string of the molecule is Cc1cnc(C(=O)N(C2CCCC2)C2CCCC2)cn1. The van der Waals surface area contributed by atoms with Crippen LogP contribution in [-0.2, 0) is 0 Å². The van der Waals surface area contributed by atoms with Crippen molar-refractivity contribution in [3.63, 3.8) is 0 Å². The van der Waals surface area contributed by atoms with Crippen LogP contribution in [0.1, 0.15) is 67.5 Å². The third-order valence-corrected chi connectivity index (χ3v) is 4.67. The molecule has 0 aliphatic heterocycles. The fourth-order valence-electron chi connectivity index (χ4n) is 3.63. The highest BCUT2D eigenvalue weighted by Crippen LogP contribution is 2.32. The second-order valence-electron chi connectivity index (χ2n) is 6.13. The summed E-state index contributed by atoms with van der Waals surface area (Å²) >= 11 is 0. The van der Waals surface area contributed by atoms with Crippen LogP contribution in [0.3, 0.4) is 0 Å².